The van der Waals surface area contributed by atoms with Crippen LogP contribution in [0.15, 0.2) is 47.4 Å². The third-order valence-corrected chi connectivity index (χ3v) is 7.13. The molecule has 0 aliphatic carbocycles. The Morgan fingerprint density at radius 2 is 1.79 bits per heavy atom. The van der Waals surface area contributed by atoms with Crippen LogP contribution in [0.1, 0.15) is 37.0 Å². The molecule has 0 bridgehead atoms. The van der Waals surface area contributed by atoms with Crippen molar-refractivity contribution in [3.8, 4) is 11.5 Å². The third kappa shape index (κ3) is 5.97. The van der Waals surface area contributed by atoms with Gasteiger partial charge in [0.05, 0.1) is 4.90 Å². The van der Waals surface area contributed by atoms with Gasteiger partial charge in [0.2, 0.25) is 0 Å². The average Bonchev–Trinajstić information content (AvgIpc) is 2.79. The van der Waals surface area contributed by atoms with E-state index in [0.29, 0.717) is 41.9 Å². The average molecular weight is 474 g/mol. The van der Waals surface area contributed by atoms with Gasteiger partial charge in [-0.25, -0.2) is 8.42 Å². The van der Waals surface area contributed by atoms with Crippen molar-refractivity contribution >= 4 is 21.6 Å². The van der Waals surface area contributed by atoms with Crippen molar-refractivity contribution in [2.24, 2.45) is 5.92 Å². The van der Waals surface area contributed by atoms with E-state index in [0.717, 1.165) is 32.5 Å². The maximum Gasteiger partial charge on any atom is 0.262 e. The van der Waals surface area contributed by atoms with Crippen LogP contribution in [0, 0.1) is 5.92 Å². The zero-order chi connectivity index (χ0) is 23.4. The van der Waals surface area contributed by atoms with Crippen LogP contribution in [-0.4, -0.2) is 58.1 Å². The summed E-state index contributed by atoms with van der Waals surface area (Å²) in [6, 6.07) is 11.2. The number of fused-ring (bicyclic) bond motifs is 1. The highest BCUT2D eigenvalue weighted by Gasteiger charge is 2.23. The van der Waals surface area contributed by atoms with Crippen molar-refractivity contribution in [1.82, 2.24) is 10.2 Å². The van der Waals surface area contributed by atoms with E-state index in [1.165, 1.54) is 12.1 Å². The number of anilines is 1. The van der Waals surface area contributed by atoms with E-state index in [-0.39, 0.29) is 16.8 Å². The molecule has 0 aromatic heterocycles. The molecule has 4 rings (SSSR count). The maximum absolute atomic E-state index is 12.9. The van der Waals surface area contributed by atoms with Gasteiger partial charge < -0.3 is 19.7 Å². The quantitative estimate of drug-likeness (QED) is 0.641. The lowest BCUT2D eigenvalue weighted by molar-refractivity contribution is 0.0907. The van der Waals surface area contributed by atoms with Crippen LogP contribution in [0.5, 0.6) is 11.5 Å². The Morgan fingerprint density at radius 1 is 1.06 bits per heavy atom. The molecule has 1 fully saturated rings. The molecule has 178 valence electrons. The monoisotopic (exact) mass is 473 g/mol. The summed E-state index contributed by atoms with van der Waals surface area (Å²) in [5.74, 6) is 1.35. The number of likely N-dealkylation sites (tertiary alicyclic amines) is 1. The Morgan fingerprint density at radius 3 is 2.52 bits per heavy atom. The van der Waals surface area contributed by atoms with Crippen LogP contribution < -0.4 is 19.5 Å². The second kappa shape index (κ2) is 10.0. The van der Waals surface area contributed by atoms with Gasteiger partial charge in [-0.1, -0.05) is 19.9 Å². The van der Waals surface area contributed by atoms with E-state index in [4.69, 9.17) is 9.47 Å². The Hall–Kier alpha value is -2.78. The molecule has 8 nitrogen and oxygen atoms in total. The number of nitrogens with one attached hydrogen (secondary N) is 2. The summed E-state index contributed by atoms with van der Waals surface area (Å²) in [5, 5.41) is 3.09. The maximum atomic E-state index is 12.9. The van der Waals surface area contributed by atoms with Gasteiger partial charge in [-0.2, -0.15) is 0 Å². The highest BCUT2D eigenvalue weighted by atomic mass is 32.2. The molecule has 2 heterocycles. The van der Waals surface area contributed by atoms with Gasteiger partial charge in [0.25, 0.3) is 15.9 Å². The molecule has 1 amide bonds. The lowest BCUT2D eigenvalue weighted by Crippen LogP contribution is -2.45. The molecule has 0 radical (unpaired) electrons. The lowest BCUT2D eigenvalue weighted by atomic mass is 10.0. The molecule has 2 N–H and O–H groups in total. The predicted molar refractivity (Wildman–Crippen MR) is 126 cm³/mol. The summed E-state index contributed by atoms with van der Waals surface area (Å²) in [5.41, 5.74) is 0.742. The van der Waals surface area contributed by atoms with Gasteiger partial charge in [0, 0.05) is 43.0 Å². The van der Waals surface area contributed by atoms with E-state index >= 15 is 0 Å². The molecule has 2 aromatic rings. The molecule has 0 atom stereocenters. The fraction of sp³-hybridized carbons (Fsp3) is 0.458. The van der Waals surface area contributed by atoms with Crippen LogP contribution >= 0.6 is 0 Å². The minimum atomic E-state index is -3.86. The van der Waals surface area contributed by atoms with Crippen molar-refractivity contribution in [2.45, 2.75) is 37.6 Å². The zero-order valence-electron chi connectivity index (χ0n) is 19.0. The standard InChI is InChI=1S/C24H31N3O5S/c1-17(2)16-27-10-8-19(9-11-27)25-24(28)18-4-3-5-20(14-18)26-33(29,30)21-6-7-22-23(15-21)32-13-12-31-22/h3-7,14-15,17,19,26H,8-13,16H2,1-2H3,(H,25,28). The van der Waals surface area contributed by atoms with Gasteiger partial charge in [0.15, 0.2) is 11.5 Å². The first-order valence-electron chi connectivity index (χ1n) is 11.4. The van der Waals surface area contributed by atoms with Crippen LogP contribution in [0.2, 0.25) is 0 Å². The fourth-order valence-corrected chi connectivity index (χ4v) is 5.24. The van der Waals surface area contributed by atoms with E-state index in [2.05, 4.69) is 28.8 Å². The van der Waals surface area contributed by atoms with Crippen LogP contribution in [0.3, 0.4) is 0 Å². The Balaban J connectivity index is 1.39. The van der Waals surface area contributed by atoms with E-state index in [1.807, 2.05) is 0 Å². The SMILES string of the molecule is CC(C)CN1CCC(NC(=O)c2cccc(NS(=O)(=O)c3ccc4c(c3)OCCO4)c2)CC1. The molecule has 9 heteroatoms. The summed E-state index contributed by atoms with van der Waals surface area (Å²) in [7, 11) is -3.86. The van der Waals surface area contributed by atoms with Crippen LogP contribution in [-0.2, 0) is 10.0 Å². The first-order chi connectivity index (χ1) is 15.8. The second-order valence-electron chi connectivity index (χ2n) is 8.93. The molecular weight excluding hydrogens is 442 g/mol. The summed E-state index contributed by atoms with van der Waals surface area (Å²) in [6.07, 6.45) is 1.82. The number of hydrogen-bond donors (Lipinski definition) is 2. The van der Waals surface area contributed by atoms with Crippen LogP contribution in [0.4, 0.5) is 5.69 Å². The molecule has 2 aliphatic rings. The summed E-state index contributed by atoms with van der Waals surface area (Å²) in [4.78, 5) is 15.3. The Labute approximate surface area is 195 Å². The predicted octanol–water partition coefficient (Wildman–Crippen LogP) is 3.11. The molecule has 0 spiro atoms. The molecule has 0 unspecified atom stereocenters. The summed E-state index contributed by atoms with van der Waals surface area (Å²) < 4.78 is 39.2. The number of benzene rings is 2. The normalized spacial score (nSPS) is 17.1. The summed E-state index contributed by atoms with van der Waals surface area (Å²) >= 11 is 0. The smallest absolute Gasteiger partial charge is 0.262 e. The lowest BCUT2D eigenvalue weighted by Gasteiger charge is -2.33. The van der Waals surface area contributed by atoms with E-state index < -0.39 is 10.0 Å². The van der Waals surface area contributed by atoms with Crippen molar-refractivity contribution in [3.05, 3.63) is 48.0 Å². The van der Waals surface area contributed by atoms with Gasteiger partial charge in [0.1, 0.15) is 13.2 Å². The largest absolute Gasteiger partial charge is 0.486 e. The molecule has 2 aliphatic heterocycles. The van der Waals surface area contributed by atoms with E-state index in [1.54, 1.807) is 30.3 Å². The Kier molecular flexibility index (Phi) is 7.09. The van der Waals surface area contributed by atoms with Crippen LogP contribution in [0.25, 0.3) is 0 Å². The second-order valence-corrected chi connectivity index (χ2v) is 10.6. The number of carbonyl (C=O) groups excluding carboxylic acids is 1. The molecule has 0 saturated carbocycles. The minimum absolute atomic E-state index is 0.0646. The van der Waals surface area contributed by atoms with Gasteiger partial charge in [-0.15, -0.1) is 0 Å². The van der Waals surface area contributed by atoms with Crippen molar-refractivity contribution < 1.29 is 22.7 Å². The van der Waals surface area contributed by atoms with Crippen molar-refractivity contribution in [1.29, 1.82) is 0 Å². The highest BCUT2D eigenvalue weighted by Crippen LogP contribution is 2.32. The highest BCUT2D eigenvalue weighted by molar-refractivity contribution is 7.92. The number of carbonyl (C=O) groups is 1. The molecular formula is C24H31N3O5S. The Bertz CT molecular complexity index is 1100. The van der Waals surface area contributed by atoms with Gasteiger partial charge in [-0.05, 0) is 49.1 Å². The number of sulfonamides is 1. The number of ether oxygens (including phenoxy) is 2. The number of nitrogens with zero attached hydrogens (tertiary/aromatic N) is 1. The molecule has 2 aromatic carbocycles. The number of piperidine rings is 1. The first-order valence-corrected chi connectivity index (χ1v) is 12.8. The summed E-state index contributed by atoms with van der Waals surface area (Å²) in [6.45, 7) is 8.25. The van der Waals surface area contributed by atoms with E-state index in [9.17, 15) is 13.2 Å². The number of rotatable bonds is 7. The van der Waals surface area contributed by atoms with Crippen molar-refractivity contribution in [3.63, 3.8) is 0 Å². The molecule has 1 saturated heterocycles. The third-order valence-electron chi connectivity index (χ3n) is 5.75. The fourth-order valence-electron chi connectivity index (χ4n) is 4.17. The van der Waals surface area contributed by atoms with Gasteiger partial charge >= 0.3 is 0 Å². The zero-order valence-corrected chi connectivity index (χ0v) is 19.9. The minimum Gasteiger partial charge on any atom is -0.486 e. The first kappa shape index (κ1) is 23.4. The van der Waals surface area contributed by atoms with Gasteiger partial charge in [-0.3, -0.25) is 9.52 Å². The molecule has 33 heavy (non-hydrogen) atoms. The number of amides is 1. The van der Waals surface area contributed by atoms with Crippen molar-refractivity contribution in [2.75, 3.05) is 37.6 Å². The number of hydrogen-bond acceptors (Lipinski definition) is 6. The topological polar surface area (TPSA) is 97.0 Å².